The second-order valence-corrected chi connectivity index (χ2v) is 3.55. The van der Waals surface area contributed by atoms with Crippen molar-refractivity contribution in [2.45, 2.75) is 6.61 Å². The van der Waals surface area contributed by atoms with Gasteiger partial charge in [0.1, 0.15) is 24.0 Å². The predicted octanol–water partition coefficient (Wildman–Crippen LogP) is 3.13. The number of benzene rings is 2. The highest BCUT2D eigenvalue weighted by Crippen LogP contribution is 2.19. The summed E-state index contributed by atoms with van der Waals surface area (Å²) in [5.74, 6) is -0.488. The molecule has 0 saturated carbocycles. The smallest absolute Gasteiger partial charge is 0.131 e. The molecule has 0 saturated heterocycles. The zero-order valence-corrected chi connectivity index (χ0v) is 8.99. The summed E-state index contributed by atoms with van der Waals surface area (Å²) in [6.07, 6.45) is 0. The van der Waals surface area contributed by atoms with Crippen molar-refractivity contribution in [3.63, 3.8) is 0 Å². The molecule has 2 nitrogen and oxygen atoms in total. The zero-order valence-electron chi connectivity index (χ0n) is 8.99. The maximum atomic E-state index is 13.4. The lowest BCUT2D eigenvalue weighted by Crippen LogP contribution is -2.03. The molecule has 2 N–H and O–H groups in total. The molecule has 2 rings (SSSR count). The molecule has 0 aliphatic carbocycles. The average Bonchev–Trinajstić information content (AvgIpc) is 2.28. The van der Waals surface area contributed by atoms with E-state index in [0.29, 0.717) is 11.4 Å². The molecule has 0 aliphatic heterocycles. The summed E-state index contributed by atoms with van der Waals surface area (Å²) in [5.41, 5.74) is 6.22. The minimum atomic E-state index is -0.429. The molecule has 2 aromatic rings. The first-order valence-electron chi connectivity index (χ1n) is 5.08. The Labute approximate surface area is 97.6 Å². The molecule has 0 atom stereocenters. The van der Waals surface area contributed by atoms with E-state index in [4.69, 9.17) is 10.5 Å². The molecule has 0 aromatic heterocycles. The molecule has 0 spiro atoms. The van der Waals surface area contributed by atoms with Crippen molar-refractivity contribution in [2.75, 3.05) is 5.73 Å². The number of halogens is 2. The topological polar surface area (TPSA) is 35.2 Å². The van der Waals surface area contributed by atoms with E-state index in [0.717, 1.165) is 0 Å². The monoisotopic (exact) mass is 235 g/mol. The van der Waals surface area contributed by atoms with Gasteiger partial charge in [-0.15, -0.1) is 0 Å². The van der Waals surface area contributed by atoms with Crippen LogP contribution in [0.1, 0.15) is 5.56 Å². The molecule has 0 amide bonds. The molecule has 0 fully saturated rings. The van der Waals surface area contributed by atoms with Crippen molar-refractivity contribution >= 4 is 5.69 Å². The average molecular weight is 235 g/mol. The molecule has 0 radical (unpaired) electrons. The van der Waals surface area contributed by atoms with Gasteiger partial charge >= 0.3 is 0 Å². The lowest BCUT2D eigenvalue weighted by Gasteiger charge is -2.09. The number of hydrogen-bond donors (Lipinski definition) is 1. The van der Waals surface area contributed by atoms with Crippen molar-refractivity contribution in [3.8, 4) is 5.75 Å². The van der Waals surface area contributed by atoms with Crippen LogP contribution < -0.4 is 10.5 Å². The van der Waals surface area contributed by atoms with Crippen molar-refractivity contribution < 1.29 is 13.5 Å². The van der Waals surface area contributed by atoms with Gasteiger partial charge < -0.3 is 10.5 Å². The van der Waals surface area contributed by atoms with Crippen LogP contribution in [0.3, 0.4) is 0 Å². The first-order chi connectivity index (χ1) is 8.16. The molecule has 2 aromatic carbocycles. The van der Waals surface area contributed by atoms with Gasteiger partial charge in [-0.3, -0.25) is 0 Å². The Morgan fingerprint density at radius 2 is 1.82 bits per heavy atom. The van der Waals surface area contributed by atoms with Gasteiger partial charge in [0.05, 0.1) is 0 Å². The Hall–Kier alpha value is -2.10. The summed E-state index contributed by atoms with van der Waals surface area (Å²) in [6, 6.07) is 10.1. The summed E-state index contributed by atoms with van der Waals surface area (Å²) in [4.78, 5) is 0. The highest BCUT2D eigenvalue weighted by molar-refractivity contribution is 5.47. The van der Waals surface area contributed by atoms with Gasteiger partial charge in [0.25, 0.3) is 0 Å². The lowest BCUT2D eigenvalue weighted by molar-refractivity contribution is 0.299. The Bertz CT molecular complexity index is 508. The van der Waals surface area contributed by atoms with Crippen molar-refractivity contribution in [3.05, 3.63) is 59.7 Å². The predicted molar refractivity (Wildman–Crippen MR) is 61.5 cm³/mol. The van der Waals surface area contributed by atoms with E-state index in [9.17, 15) is 8.78 Å². The fraction of sp³-hybridized carbons (Fsp3) is 0.0769. The van der Waals surface area contributed by atoms with Gasteiger partial charge in [-0.2, -0.15) is 0 Å². The standard InChI is InChI=1S/C13H11F2NO/c14-9-3-1-4-10(7-9)17-8-11-12(15)5-2-6-13(11)16/h1-7H,8,16H2. The molecule has 4 heteroatoms. The van der Waals surface area contributed by atoms with Crippen molar-refractivity contribution in [1.82, 2.24) is 0 Å². The third-order valence-electron chi connectivity index (χ3n) is 2.33. The van der Waals surface area contributed by atoms with E-state index in [1.54, 1.807) is 12.1 Å². The summed E-state index contributed by atoms with van der Waals surface area (Å²) >= 11 is 0. The normalized spacial score (nSPS) is 10.2. The Morgan fingerprint density at radius 3 is 2.53 bits per heavy atom. The summed E-state index contributed by atoms with van der Waals surface area (Å²) in [7, 11) is 0. The van der Waals surface area contributed by atoms with Crippen LogP contribution in [-0.4, -0.2) is 0 Å². The van der Waals surface area contributed by atoms with Crippen molar-refractivity contribution in [1.29, 1.82) is 0 Å². The van der Waals surface area contributed by atoms with Gasteiger partial charge in [0.2, 0.25) is 0 Å². The summed E-state index contributed by atoms with van der Waals surface area (Å²) < 4.78 is 31.5. The van der Waals surface area contributed by atoms with Crippen LogP contribution in [0.25, 0.3) is 0 Å². The van der Waals surface area contributed by atoms with Gasteiger partial charge in [0, 0.05) is 17.3 Å². The molecule has 0 unspecified atom stereocenters. The molecule has 17 heavy (non-hydrogen) atoms. The number of ether oxygens (including phenoxy) is 1. The molecule has 88 valence electrons. The highest BCUT2D eigenvalue weighted by atomic mass is 19.1. The van der Waals surface area contributed by atoms with Crippen LogP contribution >= 0.6 is 0 Å². The van der Waals surface area contributed by atoms with Crippen LogP contribution in [0.5, 0.6) is 5.75 Å². The fourth-order valence-electron chi connectivity index (χ4n) is 1.44. The van der Waals surface area contributed by atoms with E-state index < -0.39 is 11.6 Å². The molecular weight excluding hydrogens is 224 g/mol. The molecule has 0 bridgehead atoms. The quantitative estimate of drug-likeness (QED) is 0.829. The van der Waals surface area contributed by atoms with Crippen LogP contribution in [0.2, 0.25) is 0 Å². The van der Waals surface area contributed by atoms with Crippen LogP contribution in [-0.2, 0) is 6.61 Å². The first kappa shape index (κ1) is 11.4. The number of nitrogens with two attached hydrogens (primary N) is 1. The van der Waals surface area contributed by atoms with E-state index in [2.05, 4.69) is 0 Å². The molecular formula is C13H11F2NO. The van der Waals surface area contributed by atoms with Crippen LogP contribution in [0.4, 0.5) is 14.5 Å². The van der Waals surface area contributed by atoms with E-state index in [1.165, 1.54) is 30.3 Å². The summed E-state index contributed by atoms with van der Waals surface area (Å²) in [6.45, 7) is -0.0258. The van der Waals surface area contributed by atoms with Gasteiger partial charge in [-0.25, -0.2) is 8.78 Å². The van der Waals surface area contributed by atoms with Crippen LogP contribution in [0, 0.1) is 11.6 Å². The van der Waals surface area contributed by atoms with Gasteiger partial charge in [0.15, 0.2) is 0 Å². The van der Waals surface area contributed by atoms with E-state index >= 15 is 0 Å². The Kier molecular flexibility index (Phi) is 3.23. The Morgan fingerprint density at radius 1 is 1.06 bits per heavy atom. The zero-order chi connectivity index (χ0) is 12.3. The number of rotatable bonds is 3. The number of anilines is 1. The second kappa shape index (κ2) is 4.82. The minimum absolute atomic E-state index is 0.0258. The molecule has 0 heterocycles. The summed E-state index contributed by atoms with van der Waals surface area (Å²) in [5, 5.41) is 0. The number of nitrogen functional groups attached to an aromatic ring is 1. The number of hydrogen-bond acceptors (Lipinski definition) is 2. The third-order valence-corrected chi connectivity index (χ3v) is 2.33. The van der Waals surface area contributed by atoms with Gasteiger partial charge in [-0.1, -0.05) is 12.1 Å². The minimum Gasteiger partial charge on any atom is -0.489 e. The lowest BCUT2D eigenvalue weighted by atomic mass is 10.2. The van der Waals surface area contributed by atoms with E-state index in [1.807, 2.05) is 0 Å². The SMILES string of the molecule is Nc1cccc(F)c1COc1cccc(F)c1. The Balaban J connectivity index is 2.13. The van der Waals surface area contributed by atoms with Crippen molar-refractivity contribution in [2.24, 2.45) is 0 Å². The third kappa shape index (κ3) is 2.72. The second-order valence-electron chi connectivity index (χ2n) is 3.55. The maximum Gasteiger partial charge on any atom is 0.131 e. The highest BCUT2D eigenvalue weighted by Gasteiger charge is 2.06. The largest absolute Gasteiger partial charge is 0.489 e. The first-order valence-corrected chi connectivity index (χ1v) is 5.08. The van der Waals surface area contributed by atoms with Gasteiger partial charge in [-0.05, 0) is 24.3 Å². The van der Waals surface area contributed by atoms with Crippen LogP contribution in [0.15, 0.2) is 42.5 Å². The maximum absolute atomic E-state index is 13.4. The van der Waals surface area contributed by atoms with E-state index in [-0.39, 0.29) is 12.2 Å². The fourth-order valence-corrected chi connectivity index (χ4v) is 1.44. The molecule has 0 aliphatic rings.